The van der Waals surface area contributed by atoms with Gasteiger partial charge in [-0.1, -0.05) is 0 Å². The fourth-order valence-electron chi connectivity index (χ4n) is 2.36. The van der Waals surface area contributed by atoms with Gasteiger partial charge < -0.3 is 9.80 Å². The summed E-state index contributed by atoms with van der Waals surface area (Å²) in [6, 6.07) is 1.94. The molecule has 2 fully saturated rings. The lowest BCUT2D eigenvalue weighted by molar-refractivity contribution is -0.132. The fourth-order valence-corrected chi connectivity index (χ4v) is 2.36. The SMILES string of the molecule is Cc1nccc(N2CCN(C(=O)C3CC3)CC2)n1. The van der Waals surface area contributed by atoms with Crippen molar-refractivity contribution in [3.63, 3.8) is 0 Å². The van der Waals surface area contributed by atoms with Gasteiger partial charge in [0.25, 0.3) is 0 Å². The van der Waals surface area contributed by atoms with Crippen LogP contribution >= 0.6 is 0 Å². The molecule has 0 aromatic carbocycles. The number of amides is 1. The number of piperazine rings is 1. The Hall–Kier alpha value is -1.65. The zero-order chi connectivity index (χ0) is 12.5. The van der Waals surface area contributed by atoms with E-state index in [1.165, 1.54) is 0 Å². The maximum atomic E-state index is 11.9. The number of rotatable bonds is 2. The molecule has 0 unspecified atom stereocenters. The molecule has 1 saturated carbocycles. The molecule has 5 nitrogen and oxygen atoms in total. The van der Waals surface area contributed by atoms with Crippen LogP contribution in [0.15, 0.2) is 12.3 Å². The second kappa shape index (κ2) is 4.55. The van der Waals surface area contributed by atoms with E-state index in [0.29, 0.717) is 11.8 Å². The van der Waals surface area contributed by atoms with Crippen molar-refractivity contribution in [3.05, 3.63) is 18.1 Å². The summed E-state index contributed by atoms with van der Waals surface area (Å²) in [7, 11) is 0. The van der Waals surface area contributed by atoms with E-state index in [0.717, 1.165) is 50.7 Å². The third-order valence-corrected chi connectivity index (χ3v) is 3.60. The Morgan fingerprint density at radius 1 is 1.28 bits per heavy atom. The van der Waals surface area contributed by atoms with Crippen LogP contribution in [-0.4, -0.2) is 47.0 Å². The summed E-state index contributed by atoms with van der Waals surface area (Å²) in [4.78, 5) is 24.7. The molecular weight excluding hydrogens is 228 g/mol. The molecule has 0 bridgehead atoms. The van der Waals surface area contributed by atoms with Gasteiger partial charge in [-0.25, -0.2) is 9.97 Å². The van der Waals surface area contributed by atoms with E-state index < -0.39 is 0 Å². The lowest BCUT2D eigenvalue weighted by Gasteiger charge is -2.35. The minimum atomic E-state index is 0.331. The van der Waals surface area contributed by atoms with Gasteiger partial charge in [-0.3, -0.25) is 4.79 Å². The average molecular weight is 246 g/mol. The van der Waals surface area contributed by atoms with Crippen LogP contribution in [0.4, 0.5) is 5.82 Å². The van der Waals surface area contributed by atoms with Gasteiger partial charge in [0.2, 0.25) is 5.91 Å². The topological polar surface area (TPSA) is 49.3 Å². The summed E-state index contributed by atoms with van der Waals surface area (Å²) >= 11 is 0. The van der Waals surface area contributed by atoms with Crippen LogP contribution in [-0.2, 0) is 4.79 Å². The highest BCUT2D eigenvalue weighted by Crippen LogP contribution is 2.31. The first-order chi connectivity index (χ1) is 8.74. The molecule has 1 aromatic heterocycles. The molecule has 0 radical (unpaired) electrons. The second-order valence-corrected chi connectivity index (χ2v) is 5.05. The molecule has 3 rings (SSSR count). The molecule has 0 atom stereocenters. The van der Waals surface area contributed by atoms with Crippen LogP contribution in [0.3, 0.4) is 0 Å². The molecule has 18 heavy (non-hydrogen) atoms. The molecule has 1 aromatic rings. The van der Waals surface area contributed by atoms with Crippen LogP contribution in [0, 0.1) is 12.8 Å². The standard InChI is InChI=1S/C13H18N4O/c1-10-14-5-4-12(15-10)16-6-8-17(9-7-16)13(18)11-2-3-11/h4-5,11H,2-3,6-9H2,1H3. The molecule has 5 heteroatoms. The molecule has 96 valence electrons. The van der Waals surface area contributed by atoms with Crippen LogP contribution < -0.4 is 4.90 Å². The molecule has 1 aliphatic heterocycles. The number of hydrogen-bond donors (Lipinski definition) is 0. The van der Waals surface area contributed by atoms with Gasteiger partial charge in [-0.2, -0.15) is 0 Å². The fraction of sp³-hybridized carbons (Fsp3) is 0.615. The predicted octanol–water partition coefficient (Wildman–Crippen LogP) is 0.844. The highest BCUT2D eigenvalue weighted by Gasteiger charge is 2.34. The first kappa shape index (κ1) is 11.4. The van der Waals surface area contributed by atoms with E-state index in [1.807, 2.05) is 17.9 Å². The minimum Gasteiger partial charge on any atom is -0.353 e. The van der Waals surface area contributed by atoms with Gasteiger partial charge in [0.1, 0.15) is 11.6 Å². The number of carbonyl (C=O) groups is 1. The smallest absolute Gasteiger partial charge is 0.225 e. The normalized spacial score (nSPS) is 20.1. The first-order valence-electron chi connectivity index (χ1n) is 6.57. The lowest BCUT2D eigenvalue weighted by atomic mass is 10.2. The molecule has 1 amide bonds. The third kappa shape index (κ3) is 2.30. The number of hydrogen-bond acceptors (Lipinski definition) is 4. The van der Waals surface area contributed by atoms with Crippen molar-refractivity contribution in [2.24, 2.45) is 5.92 Å². The number of aromatic nitrogens is 2. The molecule has 0 N–H and O–H groups in total. The van der Waals surface area contributed by atoms with Crippen LogP contribution in [0.2, 0.25) is 0 Å². The van der Waals surface area contributed by atoms with Crippen molar-refractivity contribution in [1.82, 2.24) is 14.9 Å². The van der Waals surface area contributed by atoms with Crippen LogP contribution in [0.1, 0.15) is 18.7 Å². The van der Waals surface area contributed by atoms with Gasteiger partial charge in [0.15, 0.2) is 0 Å². The highest BCUT2D eigenvalue weighted by molar-refractivity contribution is 5.81. The zero-order valence-electron chi connectivity index (χ0n) is 10.7. The summed E-state index contributed by atoms with van der Waals surface area (Å²) in [5.74, 6) is 2.45. The van der Waals surface area contributed by atoms with E-state index in [2.05, 4.69) is 14.9 Å². The monoisotopic (exact) mass is 246 g/mol. The largest absolute Gasteiger partial charge is 0.353 e. The van der Waals surface area contributed by atoms with E-state index in [4.69, 9.17) is 0 Å². The van der Waals surface area contributed by atoms with Crippen molar-refractivity contribution in [1.29, 1.82) is 0 Å². The Balaban J connectivity index is 1.61. The number of nitrogens with zero attached hydrogens (tertiary/aromatic N) is 4. The number of aryl methyl sites for hydroxylation is 1. The van der Waals surface area contributed by atoms with E-state index >= 15 is 0 Å². The summed E-state index contributed by atoms with van der Waals surface area (Å²) < 4.78 is 0. The van der Waals surface area contributed by atoms with Crippen molar-refractivity contribution >= 4 is 11.7 Å². The van der Waals surface area contributed by atoms with Crippen LogP contribution in [0.5, 0.6) is 0 Å². The zero-order valence-corrected chi connectivity index (χ0v) is 10.7. The van der Waals surface area contributed by atoms with E-state index in [1.54, 1.807) is 6.20 Å². The summed E-state index contributed by atoms with van der Waals surface area (Å²) in [6.45, 7) is 5.27. The van der Waals surface area contributed by atoms with E-state index in [9.17, 15) is 4.79 Å². The number of carbonyl (C=O) groups excluding carboxylic acids is 1. The Bertz CT molecular complexity index is 450. The first-order valence-corrected chi connectivity index (χ1v) is 6.57. The van der Waals surface area contributed by atoms with Crippen molar-refractivity contribution in [3.8, 4) is 0 Å². The third-order valence-electron chi connectivity index (χ3n) is 3.60. The van der Waals surface area contributed by atoms with Gasteiger partial charge in [-0.15, -0.1) is 0 Å². The molecule has 1 aliphatic carbocycles. The average Bonchev–Trinajstić information content (AvgIpc) is 3.22. The van der Waals surface area contributed by atoms with Gasteiger partial charge in [0.05, 0.1) is 0 Å². The Morgan fingerprint density at radius 2 is 2.00 bits per heavy atom. The highest BCUT2D eigenvalue weighted by atomic mass is 16.2. The predicted molar refractivity (Wildman–Crippen MR) is 68.3 cm³/mol. The van der Waals surface area contributed by atoms with Crippen molar-refractivity contribution in [2.45, 2.75) is 19.8 Å². The summed E-state index contributed by atoms with van der Waals surface area (Å²) in [5, 5.41) is 0. The van der Waals surface area contributed by atoms with Crippen molar-refractivity contribution < 1.29 is 4.79 Å². The molecular formula is C13H18N4O. The van der Waals surface area contributed by atoms with Crippen molar-refractivity contribution in [2.75, 3.05) is 31.1 Å². The molecule has 1 saturated heterocycles. The quantitative estimate of drug-likeness (QED) is 0.776. The summed E-state index contributed by atoms with van der Waals surface area (Å²) in [5.41, 5.74) is 0. The maximum absolute atomic E-state index is 11.9. The van der Waals surface area contributed by atoms with Gasteiger partial charge >= 0.3 is 0 Å². The van der Waals surface area contributed by atoms with Gasteiger partial charge in [-0.05, 0) is 25.8 Å². The molecule has 2 aliphatic rings. The van der Waals surface area contributed by atoms with E-state index in [-0.39, 0.29) is 0 Å². The van der Waals surface area contributed by atoms with Gasteiger partial charge in [0, 0.05) is 38.3 Å². The Labute approximate surface area is 107 Å². The lowest BCUT2D eigenvalue weighted by Crippen LogP contribution is -2.49. The molecule has 0 spiro atoms. The molecule has 2 heterocycles. The maximum Gasteiger partial charge on any atom is 0.225 e. The number of anilines is 1. The second-order valence-electron chi connectivity index (χ2n) is 5.05. The summed E-state index contributed by atoms with van der Waals surface area (Å²) in [6.07, 6.45) is 3.97. The minimum absolute atomic E-state index is 0.331. The Morgan fingerprint density at radius 3 is 2.61 bits per heavy atom. The Kier molecular flexibility index (Phi) is 2.89. The van der Waals surface area contributed by atoms with Crippen LogP contribution in [0.25, 0.3) is 0 Å².